The molecule has 1 aromatic rings. The minimum atomic E-state index is 0.0835. The molecule has 0 aliphatic carbocycles. The molecule has 0 aromatic heterocycles. The average Bonchev–Trinajstić information content (AvgIpc) is 2.12. The highest BCUT2D eigenvalue weighted by molar-refractivity contribution is 5.80. The summed E-state index contributed by atoms with van der Waals surface area (Å²) in [7, 11) is 0. The van der Waals surface area contributed by atoms with Crippen LogP contribution in [-0.2, 0) is 6.54 Å². The second-order valence-corrected chi connectivity index (χ2v) is 5.27. The molecule has 0 aliphatic heterocycles. The van der Waals surface area contributed by atoms with E-state index in [2.05, 4.69) is 62.3 Å². The van der Waals surface area contributed by atoms with Crippen molar-refractivity contribution in [2.75, 3.05) is 0 Å². The lowest BCUT2D eigenvalue weighted by atomic mass is 10.1. The summed E-state index contributed by atoms with van der Waals surface area (Å²) in [4.78, 5) is 4.53. The molecule has 1 rings (SSSR count). The second kappa shape index (κ2) is 5.15. The lowest BCUT2D eigenvalue weighted by Crippen LogP contribution is -2.39. The lowest BCUT2D eigenvalue weighted by Gasteiger charge is -2.21. The van der Waals surface area contributed by atoms with Crippen molar-refractivity contribution < 1.29 is 0 Å². The molecule has 0 radical (unpaired) electrons. The van der Waals surface area contributed by atoms with Gasteiger partial charge in [0.2, 0.25) is 0 Å². The molecule has 0 aliphatic rings. The highest BCUT2D eigenvalue weighted by atomic mass is 15.0. The lowest BCUT2D eigenvalue weighted by molar-refractivity contribution is 0.509. The monoisotopic (exact) mass is 218 g/mol. The summed E-state index contributed by atoms with van der Waals surface area (Å²) in [5.74, 6) is 0.994. The number of hydrogen-bond donors (Lipinski definition) is 1. The Hall–Kier alpha value is -1.31. The Morgan fingerprint density at radius 3 is 2.56 bits per heavy atom. The van der Waals surface area contributed by atoms with Gasteiger partial charge in [0.15, 0.2) is 0 Å². The van der Waals surface area contributed by atoms with Crippen LogP contribution in [0.4, 0.5) is 0 Å². The third-order valence-electron chi connectivity index (χ3n) is 2.14. The van der Waals surface area contributed by atoms with Gasteiger partial charge in [0.05, 0.1) is 12.4 Å². The zero-order chi connectivity index (χ0) is 12.2. The fourth-order valence-electron chi connectivity index (χ4n) is 1.60. The van der Waals surface area contributed by atoms with E-state index in [4.69, 9.17) is 0 Å². The summed E-state index contributed by atoms with van der Waals surface area (Å²) in [5.41, 5.74) is 2.63. The number of rotatable bonds is 2. The Balaban J connectivity index is 2.59. The Labute approximate surface area is 98.8 Å². The number of nitrogens with one attached hydrogen (secondary N) is 1. The van der Waals surface area contributed by atoms with Crippen LogP contribution in [0.3, 0.4) is 0 Å². The second-order valence-electron chi connectivity index (χ2n) is 5.27. The zero-order valence-corrected chi connectivity index (χ0v) is 11.0. The van der Waals surface area contributed by atoms with Crippen LogP contribution in [-0.4, -0.2) is 11.4 Å². The fraction of sp³-hybridized carbons (Fsp3) is 0.500. The summed E-state index contributed by atoms with van der Waals surface area (Å²) in [6, 6.07) is 8.47. The molecule has 0 saturated carbocycles. The number of hydrogen-bond acceptors (Lipinski definition) is 1. The summed E-state index contributed by atoms with van der Waals surface area (Å²) in [6.07, 6.45) is 0. The molecule has 0 bridgehead atoms. The smallest absolute Gasteiger partial charge is 0.0939 e. The third kappa shape index (κ3) is 4.96. The molecule has 2 nitrogen and oxygen atoms in total. The van der Waals surface area contributed by atoms with Crippen molar-refractivity contribution in [1.29, 1.82) is 0 Å². The van der Waals surface area contributed by atoms with E-state index in [1.807, 2.05) is 6.92 Å². The molecule has 1 aromatic carbocycles. The van der Waals surface area contributed by atoms with Gasteiger partial charge in [-0.3, -0.25) is 4.99 Å². The van der Waals surface area contributed by atoms with Gasteiger partial charge < -0.3 is 5.32 Å². The molecule has 0 saturated heterocycles. The molecule has 0 atom stereocenters. The van der Waals surface area contributed by atoms with Crippen LogP contribution in [0, 0.1) is 6.92 Å². The van der Waals surface area contributed by atoms with E-state index in [1.165, 1.54) is 11.1 Å². The molecular formula is C14H22N2. The van der Waals surface area contributed by atoms with Gasteiger partial charge in [0, 0.05) is 5.54 Å². The zero-order valence-electron chi connectivity index (χ0n) is 11.0. The summed E-state index contributed by atoms with van der Waals surface area (Å²) in [5, 5.41) is 3.35. The first-order valence-corrected chi connectivity index (χ1v) is 5.71. The van der Waals surface area contributed by atoms with E-state index in [0.717, 1.165) is 12.4 Å². The van der Waals surface area contributed by atoms with Crippen LogP contribution in [0.2, 0.25) is 0 Å². The molecule has 0 fully saturated rings. The molecule has 0 unspecified atom stereocenters. The van der Waals surface area contributed by atoms with Crippen molar-refractivity contribution >= 4 is 5.84 Å². The standard InChI is InChI=1S/C14H22N2/c1-11-7-6-8-13(9-11)10-15-12(2)16-14(3,4)5/h6-9H,10H2,1-5H3,(H,15,16). The van der Waals surface area contributed by atoms with E-state index in [-0.39, 0.29) is 5.54 Å². The van der Waals surface area contributed by atoms with Crippen molar-refractivity contribution in [3.63, 3.8) is 0 Å². The van der Waals surface area contributed by atoms with Gasteiger partial charge >= 0.3 is 0 Å². The van der Waals surface area contributed by atoms with E-state index in [0.29, 0.717) is 0 Å². The molecular weight excluding hydrogens is 196 g/mol. The van der Waals surface area contributed by atoms with Gasteiger partial charge in [-0.1, -0.05) is 29.8 Å². The van der Waals surface area contributed by atoms with E-state index >= 15 is 0 Å². The van der Waals surface area contributed by atoms with E-state index < -0.39 is 0 Å². The minimum absolute atomic E-state index is 0.0835. The quantitative estimate of drug-likeness (QED) is 0.598. The van der Waals surface area contributed by atoms with Crippen molar-refractivity contribution in [2.45, 2.75) is 46.7 Å². The first kappa shape index (κ1) is 12.8. The maximum atomic E-state index is 4.53. The fourth-order valence-corrected chi connectivity index (χ4v) is 1.60. The van der Waals surface area contributed by atoms with Gasteiger partial charge in [-0.05, 0) is 40.2 Å². The number of amidine groups is 1. The molecule has 88 valence electrons. The first-order valence-electron chi connectivity index (χ1n) is 5.71. The Kier molecular flexibility index (Phi) is 4.11. The van der Waals surface area contributed by atoms with Gasteiger partial charge in [-0.2, -0.15) is 0 Å². The predicted molar refractivity (Wildman–Crippen MR) is 70.9 cm³/mol. The number of benzene rings is 1. The summed E-state index contributed by atoms with van der Waals surface area (Å²) < 4.78 is 0. The summed E-state index contributed by atoms with van der Waals surface area (Å²) in [6.45, 7) is 11.3. The van der Waals surface area contributed by atoms with Crippen LogP contribution in [0.1, 0.15) is 38.8 Å². The van der Waals surface area contributed by atoms with Gasteiger partial charge in [-0.25, -0.2) is 0 Å². The normalized spacial score (nSPS) is 12.7. The Morgan fingerprint density at radius 1 is 1.31 bits per heavy atom. The number of aliphatic imine (C=N–C) groups is 1. The first-order chi connectivity index (χ1) is 7.37. The molecule has 0 spiro atoms. The van der Waals surface area contributed by atoms with Crippen molar-refractivity contribution in [1.82, 2.24) is 5.32 Å². The van der Waals surface area contributed by atoms with Crippen LogP contribution < -0.4 is 5.32 Å². The summed E-state index contributed by atoms with van der Waals surface area (Å²) >= 11 is 0. The van der Waals surface area contributed by atoms with Gasteiger partial charge in [0.25, 0.3) is 0 Å². The van der Waals surface area contributed by atoms with Crippen molar-refractivity contribution in [2.24, 2.45) is 4.99 Å². The van der Waals surface area contributed by atoms with Gasteiger partial charge in [0.1, 0.15) is 0 Å². The van der Waals surface area contributed by atoms with Crippen LogP contribution in [0.15, 0.2) is 29.3 Å². The largest absolute Gasteiger partial charge is 0.369 e. The Morgan fingerprint density at radius 2 is 2.00 bits per heavy atom. The topological polar surface area (TPSA) is 24.4 Å². The van der Waals surface area contributed by atoms with Gasteiger partial charge in [-0.15, -0.1) is 0 Å². The number of nitrogens with zero attached hydrogens (tertiary/aromatic N) is 1. The predicted octanol–water partition coefficient (Wildman–Crippen LogP) is 3.30. The van der Waals surface area contributed by atoms with E-state index in [1.54, 1.807) is 0 Å². The maximum Gasteiger partial charge on any atom is 0.0939 e. The highest BCUT2D eigenvalue weighted by Gasteiger charge is 2.08. The molecule has 0 heterocycles. The van der Waals surface area contributed by atoms with Crippen LogP contribution in [0.25, 0.3) is 0 Å². The highest BCUT2D eigenvalue weighted by Crippen LogP contribution is 2.05. The van der Waals surface area contributed by atoms with Crippen molar-refractivity contribution in [3.05, 3.63) is 35.4 Å². The average molecular weight is 218 g/mol. The van der Waals surface area contributed by atoms with Crippen LogP contribution in [0.5, 0.6) is 0 Å². The SMILES string of the molecule is CC(=NCc1cccc(C)c1)NC(C)(C)C. The number of aryl methyl sites for hydroxylation is 1. The molecule has 2 heteroatoms. The van der Waals surface area contributed by atoms with Crippen LogP contribution >= 0.6 is 0 Å². The minimum Gasteiger partial charge on any atom is -0.369 e. The molecule has 16 heavy (non-hydrogen) atoms. The Bertz CT molecular complexity index is 373. The van der Waals surface area contributed by atoms with Crippen molar-refractivity contribution in [3.8, 4) is 0 Å². The third-order valence-corrected chi connectivity index (χ3v) is 2.14. The molecule has 0 amide bonds. The molecule has 1 N–H and O–H groups in total. The van der Waals surface area contributed by atoms with E-state index in [9.17, 15) is 0 Å². The maximum absolute atomic E-state index is 4.53.